The fourth-order valence-electron chi connectivity index (χ4n) is 13.4. The monoisotopic (exact) mass is 1480 g/mol. The number of alkyl halides is 3. The molecule has 30 heteroatoms. The van der Waals surface area contributed by atoms with Crippen LogP contribution in [0.15, 0.2) is 42.5 Å². The van der Waals surface area contributed by atoms with Gasteiger partial charge in [-0.2, -0.15) is 13.2 Å². The molecule has 0 bridgehead atoms. The van der Waals surface area contributed by atoms with Crippen molar-refractivity contribution in [3.05, 3.63) is 69.7 Å². The Bertz CT molecular complexity index is 3400. The van der Waals surface area contributed by atoms with Crippen LogP contribution in [0.5, 0.6) is 0 Å². The van der Waals surface area contributed by atoms with E-state index in [-0.39, 0.29) is 82.7 Å². The number of ether oxygens (including phenoxy) is 1. The fraction of sp³-hybridized carbons (Fsp3) is 0.676. The van der Waals surface area contributed by atoms with Crippen molar-refractivity contribution in [3.63, 3.8) is 0 Å². The van der Waals surface area contributed by atoms with Gasteiger partial charge in [0.15, 0.2) is 0 Å². The molecular weight excluding hydrogens is 1370 g/mol. The van der Waals surface area contributed by atoms with E-state index in [1.54, 1.807) is 32.9 Å². The molecule has 2 aromatic rings. The maximum absolute atomic E-state index is 15.5. The summed E-state index contributed by atoms with van der Waals surface area (Å²) in [6.07, 6.45) is -4.07. The number of hydrogen-bond acceptors (Lipinski definition) is 14. The zero-order valence-corrected chi connectivity index (χ0v) is 64.7. The van der Waals surface area contributed by atoms with Crippen molar-refractivity contribution in [3.8, 4) is 0 Å². The standard InChI is InChI=1S/C74H112ClF3N12O14/c1-19-46(6)61-69(100)84(14)48(8)64(95)90-34-31-54(90)68(99)86(16)56(39-50-25-23-45(5)24-26-50)67(98)83(13)41-58(91)79-53(30-28-49-27-29-51(52(75)38-49)74(76,77)78)65(96)89(35-36-104-43-72(9,10)103)42-59(92)81-73(32-21-22-33-73)71(102)88(18)62(47(7)20-2)70(101)87(17)57(66(97)82(11)12)40-60(93)85(15)55(37-44(3)4)63(94)80-61/h23-27,29,38,44,46-48,53-57,61-62,103H,19-22,28,30-37,39-43H2,1-18H3,(H,79,91)(H,80,94)(H,81,92)/t46-,47-,48-,53-,54-,55-,56-,57-,61-,62-/m0/s1. The van der Waals surface area contributed by atoms with E-state index in [9.17, 15) is 56.6 Å². The van der Waals surface area contributed by atoms with Crippen LogP contribution in [0, 0.1) is 24.7 Å². The van der Waals surface area contributed by atoms with E-state index in [0.29, 0.717) is 31.2 Å². The van der Waals surface area contributed by atoms with Crippen LogP contribution in [0.2, 0.25) is 5.02 Å². The molecule has 104 heavy (non-hydrogen) atoms. The van der Waals surface area contributed by atoms with Crippen molar-refractivity contribution < 1.29 is 80.5 Å². The molecule has 0 radical (unpaired) electrons. The first-order valence-corrected chi connectivity index (χ1v) is 36.3. The summed E-state index contributed by atoms with van der Waals surface area (Å²) in [5, 5.41) is 18.4. The van der Waals surface area contributed by atoms with E-state index >= 15 is 19.2 Å². The molecule has 3 fully saturated rings. The summed E-state index contributed by atoms with van der Waals surface area (Å²) in [6, 6.07) is -0.371. The number of hydrogen-bond donors (Lipinski definition) is 4. The summed E-state index contributed by atoms with van der Waals surface area (Å²) >= 11 is 6.17. The van der Waals surface area contributed by atoms with E-state index in [1.165, 1.54) is 107 Å². The van der Waals surface area contributed by atoms with Crippen LogP contribution >= 0.6 is 11.6 Å². The number of halogens is 4. The van der Waals surface area contributed by atoms with Crippen LogP contribution in [0.25, 0.3) is 0 Å². The van der Waals surface area contributed by atoms with Gasteiger partial charge in [-0.15, -0.1) is 0 Å². The number of rotatable bonds is 17. The lowest BCUT2D eigenvalue weighted by Gasteiger charge is -2.45. The number of aryl methyl sites for hydroxylation is 2. The Balaban J connectivity index is 1.69. The number of fused-ring (bicyclic) bond motifs is 1. The van der Waals surface area contributed by atoms with E-state index < -0.39 is 178 Å². The quantitative estimate of drug-likeness (QED) is 0.156. The Morgan fingerprint density at radius 2 is 1.34 bits per heavy atom. The summed E-state index contributed by atoms with van der Waals surface area (Å²) < 4.78 is 47.6. The topological polar surface area (TPSA) is 300 Å². The van der Waals surface area contributed by atoms with Crippen LogP contribution in [0.4, 0.5) is 13.2 Å². The summed E-state index contributed by atoms with van der Waals surface area (Å²) in [5.74, 6) is -10.2. The second-order valence-electron chi connectivity index (χ2n) is 29.9. The third-order valence-electron chi connectivity index (χ3n) is 20.5. The van der Waals surface area contributed by atoms with Gasteiger partial charge in [-0.3, -0.25) is 57.5 Å². The molecule has 2 aliphatic heterocycles. The average molecular weight is 1490 g/mol. The van der Waals surface area contributed by atoms with Crippen LogP contribution in [0.1, 0.15) is 149 Å². The van der Waals surface area contributed by atoms with Gasteiger partial charge in [0, 0.05) is 75.9 Å². The number of carbonyl (C=O) groups excluding carboxylic acids is 12. The Hall–Kier alpha value is -7.92. The predicted octanol–water partition coefficient (Wildman–Crippen LogP) is 4.70. The SMILES string of the molecule is CC[C@H](C)[C@@H]1NC(=O)[C@H](CC(C)C)N(C)C(=O)C[C@@H](C(=O)N(C)C)N(C)C(=O)[C@H]([C@@H](C)CC)N(C)C(=O)C2(CCCC2)NC(=O)CN(CCOCC(C)(C)O)C(=O)[C@H](CCc2ccc(C(F)(F)F)c(Cl)c2)NC(=O)CN(C)C(=O)[C@H](Cc2ccc(C)cc2)N(C)C(=O)[C@@H]2CCN2C(=O)[C@H](C)N(C)C1=O. The predicted molar refractivity (Wildman–Crippen MR) is 384 cm³/mol. The van der Waals surface area contributed by atoms with Crippen LogP contribution in [-0.4, -0.2) is 275 Å². The van der Waals surface area contributed by atoms with Crippen molar-refractivity contribution in [2.45, 2.75) is 212 Å². The first-order chi connectivity index (χ1) is 48.4. The maximum Gasteiger partial charge on any atom is 0.417 e. The average Bonchev–Trinajstić information content (AvgIpc) is 1.38. The highest BCUT2D eigenvalue weighted by Gasteiger charge is 2.50. The summed E-state index contributed by atoms with van der Waals surface area (Å²) in [4.78, 5) is 190. The lowest BCUT2D eigenvalue weighted by Crippen LogP contribution is -2.65. The summed E-state index contributed by atoms with van der Waals surface area (Å²) in [6.45, 7) is 14.7. The van der Waals surface area contributed by atoms with Gasteiger partial charge in [0.2, 0.25) is 70.9 Å². The molecule has 0 unspecified atom stereocenters. The molecule has 580 valence electrons. The van der Waals surface area contributed by atoms with Crippen LogP contribution in [0.3, 0.4) is 0 Å². The largest absolute Gasteiger partial charge is 0.417 e. The zero-order chi connectivity index (χ0) is 78.4. The zero-order valence-electron chi connectivity index (χ0n) is 63.9. The third-order valence-corrected chi connectivity index (χ3v) is 20.9. The normalized spacial score (nSPS) is 24.4. The van der Waals surface area contributed by atoms with Gasteiger partial charge in [0.25, 0.3) is 0 Å². The van der Waals surface area contributed by atoms with Crippen molar-refractivity contribution >= 4 is 82.5 Å². The molecule has 3 aliphatic rings. The lowest BCUT2D eigenvalue weighted by molar-refractivity contribution is -0.160. The highest BCUT2D eigenvalue weighted by atomic mass is 35.5. The minimum absolute atomic E-state index is 0.0761. The number of amides is 12. The highest BCUT2D eigenvalue weighted by Crippen LogP contribution is 2.37. The molecule has 4 N–H and O–H groups in total. The minimum Gasteiger partial charge on any atom is -0.388 e. The number of nitrogens with zero attached hydrogens (tertiary/aromatic N) is 9. The molecule has 5 rings (SSSR count). The van der Waals surface area contributed by atoms with Gasteiger partial charge >= 0.3 is 6.18 Å². The number of nitrogens with one attached hydrogen (secondary N) is 3. The molecule has 1 saturated carbocycles. The third kappa shape index (κ3) is 22.3. The highest BCUT2D eigenvalue weighted by molar-refractivity contribution is 6.31. The molecule has 1 spiro atoms. The van der Waals surface area contributed by atoms with Gasteiger partial charge in [0.1, 0.15) is 53.9 Å². The Labute approximate surface area is 615 Å². The molecule has 0 aromatic heterocycles. The Kier molecular flexibility index (Phi) is 31.2. The number of benzene rings is 2. The molecule has 1 aliphatic carbocycles. The van der Waals surface area contributed by atoms with Gasteiger partial charge in [-0.05, 0) is 107 Å². The van der Waals surface area contributed by atoms with Crippen LogP contribution < -0.4 is 16.0 Å². The lowest BCUT2D eigenvalue weighted by atomic mass is 9.90. The molecule has 2 aromatic carbocycles. The van der Waals surface area contributed by atoms with Gasteiger partial charge in [0.05, 0.1) is 48.9 Å². The van der Waals surface area contributed by atoms with E-state index in [4.69, 9.17) is 16.3 Å². The summed E-state index contributed by atoms with van der Waals surface area (Å²) in [7, 11) is 11.1. The molecule has 12 amide bonds. The van der Waals surface area contributed by atoms with Crippen molar-refractivity contribution in [2.24, 2.45) is 17.8 Å². The molecule has 26 nitrogen and oxygen atoms in total. The minimum atomic E-state index is -4.81. The van der Waals surface area contributed by atoms with Crippen molar-refractivity contribution in [1.82, 2.24) is 60.0 Å². The fourth-order valence-corrected chi connectivity index (χ4v) is 13.7. The first kappa shape index (κ1) is 86.7. The van der Waals surface area contributed by atoms with E-state index in [1.807, 2.05) is 39.8 Å². The molecule has 10 atom stereocenters. The first-order valence-electron chi connectivity index (χ1n) is 35.9. The smallest absolute Gasteiger partial charge is 0.388 e. The van der Waals surface area contributed by atoms with Crippen molar-refractivity contribution in [1.29, 1.82) is 0 Å². The Morgan fingerprint density at radius 1 is 0.731 bits per heavy atom. The van der Waals surface area contributed by atoms with Gasteiger partial charge in [-0.25, -0.2) is 0 Å². The van der Waals surface area contributed by atoms with Crippen molar-refractivity contribution in [2.75, 3.05) is 95.8 Å². The Morgan fingerprint density at radius 3 is 1.88 bits per heavy atom. The maximum atomic E-state index is 15.5. The number of likely N-dealkylation sites (N-methyl/N-ethyl adjacent to an activating group) is 7. The number of carbonyl (C=O) groups is 12. The number of aliphatic hydroxyl groups is 1. The molecular formula is C74H112ClF3N12O14. The second-order valence-corrected chi connectivity index (χ2v) is 30.3. The second kappa shape index (κ2) is 37.4. The van der Waals surface area contributed by atoms with Crippen LogP contribution in [-0.2, 0) is 81.3 Å². The van der Waals surface area contributed by atoms with E-state index in [2.05, 4.69) is 16.0 Å². The van der Waals surface area contributed by atoms with Gasteiger partial charge in [-0.1, -0.05) is 115 Å². The summed E-state index contributed by atoms with van der Waals surface area (Å²) in [5.41, 5.74) is -2.42. The van der Waals surface area contributed by atoms with E-state index in [0.717, 1.165) is 38.5 Å². The van der Waals surface area contributed by atoms with Gasteiger partial charge < -0.3 is 69.9 Å². The molecule has 2 heterocycles. The molecule has 2 saturated heterocycles.